The number of carbonyl (C=O) groups is 2. The maximum absolute atomic E-state index is 13.4. The summed E-state index contributed by atoms with van der Waals surface area (Å²) in [5, 5.41) is 20.0. The highest BCUT2D eigenvalue weighted by atomic mass is 35.5. The van der Waals surface area contributed by atoms with Gasteiger partial charge in [0.05, 0.1) is 28.7 Å². The number of halogens is 4. The van der Waals surface area contributed by atoms with Gasteiger partial charge in [-0.2, -0.15) is 5.10 Å². The number of pyridine rings is 2. The van der Waals surface area contributed by atoms with Crippen molar-refractivity contribution in [3.63, 3.8) is 0 Å². The number of aromatic nitrogens is 5. The van der Waals surface area contributed by atoms with Gasteiger partial charge in [-0.3, -0.25) is 4.68 Å². The molecule has 0 saturated carbocycles. The lowest BCUT2D eigenvalue weighted by molar-refractivity contribution is 0.208. The SMILES string of the molecule is CC(c1cnc(NCCN)c2ccccc12)N(C)C(=O)Nc1ccc(F)c(Cl)c1.CC(c1cnc(NCc2ncn(C)n2)c2ccccc12)N(C)C(=O)Nc1ccc(F)c(Cl)c1. The van der Waals surface area contributed by atoms with Crippen LogP contribution in [-0.4, -0.2) is 73.8 Å². The summed E-state index contributed by atoms with van der Waals surface area (Å²) in [6, 6.07) is 22.6. The second kappa shape index (κ2) is 20.3. The third kappa shape index (κ3) is 10.6. The Kier molecular flexibility index (Phi) is 14.7. The molecule has 0 aliphatic rings. The van der Waals surface area contributed by atoms with Gasteiger partial charge < -0.3 is 36.8 Å². The van der Waals surface area contributed by atoms with E-state index in [9.17, 15) is 18.4 Å². The molecule has 0 aliphatic heterocycles. The Labute approximate surface area is 367 Å². The molecule has 4 amide bonds. The molecule has 0 bridgehead atoms. The number of fused-ring (bicyclic) bond motifs is 2. The number of hydrogen-bond donors (Lipinski definition) is 5. The first-order chi connectivity index (χ1) is 29.7. The van der Waals surface area contributed by atoms with Crippen LogP contribution in [0.1, 0.15) is 42.9 Å². The second-order valence-electron chi connectivity index (χ2n) is 14.3. The van der Waals surface area contributed by atoms with Crippen LogP contribution in [0.3, 0.4) is 0 Å². The van der Waals surface area contributed by atoms with E-state index in [0.717, 1.165) is 38.5 Å². The van der Waals surface area contributed by atoms with Gasteiger partial charge in [0.15, 0.2) is 5.82 Å². The normalized spacial score (nSPS) is 11.9. The molecule has 0 fully saturated rings. The van der Waals surface area contributed by atoms with Crippen LogP contribution in [-0.2, 0) is 13.6 Å². The van der Waals surface area contributed by atoms with Crippen LogP contribution in [0.4, 0.5) is 41.4 Å². The second-order valence-corrected chi connectivity index (χ2v) is 15.1. The van der Waals surface area contributed by atoms with Crippen molar-refractivity contribution in [1.29, 1.82) is 0 Å². The number of anilines is 4. The summed E-state index contributed by atoms with van der Waals surface area (Å²) in [6.45, 7) is 5.41. The van der Waals surface area contributed by atoms with Gasteiger partial charge in [0, 0.05) is 79.9 Å². The fourth-order valence-electron chi connectivity index (χ4n) is 6.53. The molecule has 2 unspecified atom stereocenters. The minimum absolute atomic E-state index is 0.0470. The summed E-state index contributed by atoms with van der Waals surface area (Å²) in [6.07, 6.45) is 5.18. The highest BCUT2D eigenvalue weighted by Gasteiger charge is 2.23. The van der Waals surface area contributed by atoms with E-state index in [1.807, 2.05) is 69.4 Å². The minimum atomic E-state index is -0.540. The van der Waals surface area contributed by atoms with Crippen LogP contribution in [0.15, 0.2) is 104 Å². The molecule has 62 heavy (non-hydrogen) atoms. The Morgan fingerprint density at radius 2 is 1.16 bits per heavy atom. The lowest BCUT2D eigenvalue weighted by atomic mass is 10.0. The third-order valence-corrected chi connectivity index (χ3v) is 10.8. The molecule has 0 spiro atoms. The zero-order chi connectivity index (χ0) is 44.5. The van der Waals surface area contributed by atoms with E-state index < -0.39 is 11.6 Å². The predicted molar refractivity (Wildman–Crippen MR) is 243 cm³/mol. The lowest BCUT2D eigenvalue weighted by Crippen LogP contribution is -2.33. The molecule has 322 valence electrons. The summed E-state index contributed by atoms with van der Waals surface area (Å²) < 4.78 is 28.4. The summed E-state index contributed by atoms with van der Waals surface area (Å²) in [5.41, 5.74) is 8.22. The standard InChI is InChI=1S/C23H23ClFN7O.C21H23ClFN5O/c1-14(32(3)23(33)29-15-8-9-20(25)19(24)10-15)18-11-26-22(17-7-5-4-6-16(17)18)27-12-21-28-13-31(2)30-21;1-13(28(2)21(29)27-14-7-8-19(23)18(22)11-14)17-12-26-20(25-10-9-24)16-6-4-3-5-15(16)17/h4-11,13-14H,12H2,1-3H3,(H,26,27)(H,29,33);3-8,11-13H,9-10,24H2,1-2H3,(H,25,26)(H,27,29). The molecule has 7 aromatic rings. The van der Waals surface area contributed by atoms with E-state index in [0.29, 0.717) is 42.7 Å². The van der Waals surface area contributed by atoms with Gasteiger partial charge in [-0.1, -0.05) is 71.7 Å². The molecule has 0 saturated heterocycles. The van der Waals surface area contributed by atoms with Gasteiger partial charge in [-0.15, -0.1) is 0 Å². The van der Waals surface area contributed by atoms with E-state index in [4.69, 9.17) is 28.9 Å². The smallest absolute Gasteiger partial charge is 0.322 e. The summed E-state index contributed by atoms with van der Waals surface area (Å²) >= 11 is 11.6. The highest BCUT2D eigenvalue weighted by Crippen LogP contribution is 2.33. The van der Waals surface area contributed by atoms with Crippen LogP contribution in [0, 0.1) is 11.6 Å². The molecular weight excluding hydrogens is 837 g/mol. The number of rotatable bonds is 12. The number of carbonyl (C=O) groups excluding carboxylic acids is 2. The first-order valence-corrected chi connectivity index (χ1v) is 20.3. The van der Waals surface area contributed by atoms with E-state index in [-0.39, 0.29) is 34.2 Å². The molecule has 4 aromatic carbocycles. The maximum Gasteiger partial charge on any atom is 0.322 e. The number of urea groups is 2. The number of amides is 4. The van der Waals surface area contributed by atoms with Crippen LogP contribution in [0.5, 0.6) is 0 Å². The molecule has 18 heteroatoms. The number of benzene rings is 4. The fraction of sp³-hybridized carbons (Fsp3) is 0.227. The number of nitrogens with zero attached hydrogens (tertiary/aromatic N) is 7. The fourth-order valence-corrected chi connectivity index (χ4v) is 6.90. The van der Waals surface area contributed by atoms with Crippen LogP contribution in [0.2, 0.25) is 10.0 Å². The van der Waals surface area contributed by atoms with Gasteiger partial charge in [0.2, 0.25) is 0 Å². The van der Waals surface area contributed by atoms with Gasteiger partial charge in [0.25, 0.3) is 0 Å². The molecule has 0 radical (unpaired) electrons. The average molecular weight is 884 g/mol. The maximum atomic E-state index is 13.4. The molecule has 7 rings (SSSR count). The summed E-state index contributed by atoms with van der Waals surface area (Å²) in [4.78, 5) is 42.0. The number of nitrogens with one attached hydrogen (secondary N) is 4. The van der Waals surface area contributed by atoms with Crippen molar-refractivity contribution in [2.75, 3.05) is 48.5 Å². The molecule has 2 atom stereocenters. The van der Waals surface area contributed by atoms with Crippen molar-refractivity contribution in [1.82, 2.24) is 34.5 Å². The van der Waals surface area contributed by atoms with E-state index in [2.05, 4.69) is 41.3 Å². The van der Waals surface area contributed by atoms with Crippen molar-refractivity contribution in [2.45, 2.75) is 32.5 Å². The topological polar surface area (TPSA) is 171 Å². The Balaban J connectivity index is 0.000000209. The minimum Gasteiger partial charge on any atom is -0.368 e. The first-order valence-electron chi connectivity index (χ1n) is 19.5. The number of nitrogens with two attached hydrogens (primary N) is 1. The summed E-state index contributed by atoms with van der Waals surface area (Å²) in [7, 11) is 5.21. The van der Waals surface area contributed by atoms with Crippen molar-refractivity contribution in [3.05, 3.63) is 142 Å². The zero-order valence-corrected chi connectivity index (χ0v) is 36.1. The first kappa shape index (κ1) is 44.9. The van der Waals surface area contributed by atoms with Gasteiger partial charge >= 0.3 is 12.1 Å². The Morgan fingerprint density at radius 3 is 1.58 bits per heavy atom. The number of aryl methyl sites for hydroxylation is 1. The van der Waals surface area contributed by atoms with E-state index >= 15 is 0 Å². The lowest BCUT2D eigenvalue weighted by Gasteiger charge is -2.27. The van der Waals surface area contributed by atoms with E-state index in [1.165, 1.54) is 36.4 Å². The highest BCUT2D eigenvalue weighted by molar-refractivity contribution is 6.31. The van der Waals surface area contributed by atoms with Crippen molar-refractivity contribution < 1.29 is 18.4 Å². The molecular formula is C44H46Cl2F2N12O2. The van der Waals surface area contributed by atoms with Gasteiger partial charge in [-0.25, -0.2) is 33.3 Å². The number of hydrogen-bond acceptors (Lipinski definition) is 9. The Hall–Kier alpha value is -6.62. The third-order valence-electron chi connectivity index (χ3n) is 10.2. The Morgan fingerprint density at radius 1 is 0.710 bits per heavy atom. The molecule has 6 N–H and O–H groups in total. The Bertz CT molecular complexity index is 2700. The van der Waals surface area contributed by atoms with Gasteiger partial charge in [-0.05, 0) is 61.0 Å². The quantitative estimate of drug-likeness (QED) is 0.0802. The average Bonchev–Trinajstić information content (AvgIpc) is 3.70. The van der Waals surface area contributed by atoms with Crippen molar-refractivity contribution in [3.8, 4) is 0 Å². The monoisotopic (exact) mass is 882 g/mol. The van der Waals surface area contributed by atoms with Crippen molar-refractivity contribution in [2.24, 2.45) is 12.8 Å². The van der Waals surface area contributed by atoms with Crippen LogP contribution >= 0.6 is 23.2 Å². The van der Waals surface area contributed by atoms with E-state index in [1.54, 1.807) is 47.3 Å². The van der Waals surface area contributed by atoms with Crippen molar-refractivity contribution >= 4 is 79.8 Å². The summed E-state index contributed by atoms with van der Waals surface area (Å²) in [5.74, 6) is 1.06. The molecule has 3 aromatic heterocycles. The molecule has 0 aliphatic carbocycles. The van der Waals surface area contributed by atoms with Crippen LogP contribution in [0.25, 0.3) is 21.5 Å². The van der Waals surface area contributed by atoms with Gasteiger partial charge in [0.1, 0.15) is 29.6 Å². The molecule has 14 nitrogen and oxygen atoms in total. The predicted octanol–water partition coefficient (Wildman–Crippen LogP) is 9.62. The largest absolute Gasteiger partial charge is 0.368 e. The zero-order valence-electron chi connectivity index (χ0n) is 34.6. The molecule has 3 heterocycles. The van der Waals surface area contributed by atoms with Crippen LogP contribution < -0.4 is 27.0 Å².